The van der Waals surface area contributed by atoms with Gasteiger partial charge in [0.1, 0.15) is 23.7 Å². The molecule has 2 N–H and O–H groups in total. The van der Waals surface area contributed by atoms with Crippen molar-refractivity contribution < 1.29 is 9.53 Å². The van der Waals surface area contributed by atoms with E-state index in [1.54, 1.807) is 6.33 Å². The SMILES string of the molecule is CCOc1cccc(CNc2ncnc(N3CCN(C(=O)C4CCCCC4)CC3)c2C=N)c1. The third-order valence-electron chi connectivity index (χ3n) is 6.52. The molecule has 1 aliphatic heterocycles. The van der Waals surface area contributed by atoms with Gasteiger partial charge in [0, 0.05) is 44.9 Å². The van der Waals surface area contributed by atoms with E-state index in [4.69, 9.17) is 10.1 Å². The molecule has 2 aromatic rings. The number of hydrogen-bond donors (Lipinski definition) is 2. The molecule has 33 heavy (non-hydrogen) atoms. The second-order valence-corrected chi connectivity index (χ2v) is 8.69. The zero-order valence-electron chi connectivity index (χ0n) is 19.4. The van der Waals surface area contributed by atoms with Crippen LogP contribution in [-0.2, 0) is 11.3 Å². The molecule has 176 valence electrons. The molecule has 1 aromatic carbocycles. The predicted octanol–water partition coefficient (Wildman–Crippen LogP) is 3.71. The fourth-order valence-corrected chi connectivity index (χ4v) is 4.76. The summed E-state index contributed by atoms with van der Waals surface area (Å²) in [7, 11) is 0. The normalized spacial score (nSPS) is 17.0. The van der Waals surface area contributed by atoms with E-state index in [9.17, 15) is 4.79 Å². The van der Waals surface area contributed by atoms with Gasteiger partial charge in [-0.15, -0.1) is 0 Å². The molecule has 2 aliphatic rings. The Morgan fingerprint density at radius 3 is 2.70 bits per heavy atom. The van der Waals surface area contributed by atoms with E-state index < -0.39 is 0 Å². The average molecular weight is 451 g/mol. The van der Waals surface area contributed by atoms with Gasteiger partial charge in [-0.25, -0.2) is 9.97 Å². The molecule has 1 saturated heterocycles. The van der Waals surface area contributed by atoms with E-state index in [0.29, 0.717) is 56.6 Å². The van der Waals surface area contributed by atoms with Crippen LogP contribution in [0.25, 0.3) is 0 Å². The monoisotopic (exact) mass is 450 g/mol. The van der Waals surface area contributed by atoms with Gasteiger partial charge in [0.25, 0.3) is 0 Å². The highest BCUT2D eigenvalue weighted by Gasteiger charge is 2.29. The molecule has 1 amide bonds. The van der Waals surface area contributed by atoms with E-state index in [1.165, 1.54) is 25.5 Å². The quantitative estimate of drug-likeness (QED) is 0.596. The summed E-state index contributed by atoms with van der Waals surface area (Å²) in [6.45, 7) is 5.99. The number of nitrogens with zero attached hydrogens (tertiary/aromatic N) is 4. The molecule has 2 fully saturated rings. The number of nitrogens with one attached hydrogen (secondary N) is 2. The fraction of sp³-hybridized carbons (Fsp3) is 0.520. The second-order valence-electron chi connectivity index (χ2n) is 8.69. The minimum Gasteiger partial charge on any atom is -0.494 e. The summed E-state index contributed by atoms with van der Waals surface area (Å²) in [4.78, 5) is 25.9. The first kappa shape index (κ1) is 23.0. The number of aromatic nitrogens is 2. The summed E-state index contributed by atoms with van der Waals surface area (Å²) in [5.74, 6) is 2.75. The molecular formula is C25H34N6O2. The highest BCUT2D eigenvalue weighted by Crippen LogP contribution is 2.27. The lowest BCUT2D eigenvalue weighted by Gasteiger charge is -2.38. The van der Waals surface area contributed by atoms with Gasteiger partial charge in [-0.1, -0.05) is 31.4 Å². The van der Waals surface area contributed by atoms with Crippen LogP contribution in [0, 0.1) is 11.3 Å². The topological polar surface area (TPSA) is 94.4 Å². The molecule has 1 saturated carbocycles. The number of rotatable bonds is 8. The number of amides is 1. The lowest BCUT2D eigenvalue weighted by atomic mass is 9.88. The number of carbonyl (C=O) groups excluding carboxylic acids is 1. The molecule has 0 radical (unpaired) electrons. The second kappa shape index (κ2) is 11.1. The Hall–Kier alpha value is -3.16. The van der Waals surface area contributed by atoms with E-state index in [-0.39, 0.29) is 5.92 Å². The third kappa shape index (κ3) is 5.61. The van der Waals surface area contributed by atoms with Crippen LogP contribution < -0.4 is 15.0 Å². The predicted molar refractivity (Wildman–Crippen MR) is 130 cm³/mol. The van der Waals surface area contributed by atoms with Crippen molar-refractivity contribution in [1.82, 2.24) is 14.9 Å². The number of anilines is 2. The Morgan fingerprint density at radius 1 is 1.18 bits per heavy atom. The average Bonchev–Trinajstić information content (AvgIpc) is 2.88. The number of benzene rings is 1. The van der Waals surface area contributed by atoms with Crippen LogP contribution in [0.15, 0.2) is 30.6 Å². The Morgan fingerprint density at radius 2 is 1.97 bits per heavy atom. The van der Waals surface area contributed by atoms with E-state index in [2.05, 4.69) is 20.2 Å². The maximum atomic E-state index is 12.9. The molecule has 2 heterocycles. The zero-order chi connectivity index (χ0) is 23.0. The smallest absolute Gasteiger partial charge is 0.225 e. The van der Waals surface area contributed by atoms with Crippen LogP contribution >= 0.6 is 0 Å². The Balaban J connectivity index is 1.40. The number of carbonyl (C=O) groups is 1. The number of hydrogen-bond acceptors (Lipinski definition) is 7. The summed E-state index contributed by atoms with van der Waals surface area (Å²) in [5, 5.41) is 11.4. The number of ether oxygens (including phenoxy) is 1. The minimum absolute atomic E-state index is 0.207. The van der Waals surface area contributed by atoms with Gasteiger partial charge in [-0.05, 0) is 37.5 Å². The minimum atomic E-state index is 0.207. The lowest BCUT2D eigenvalue weighted by molar-refractivity contribution is -0.136. The van der Waals surface area contributed by atoms with Crippen molar-refractivity contribution in [3.63, 3.8) is 0 Å². The molecule has 0 atom stereocenters. The Bertz CT molecular complexity index is 952. The summed E-state index contributed by atoms with van der Waals surface area (Å²) in [6, 6.07) is 7.95. The molecule has 0 spiro atoms. The van der Waals surface area contributed by atoms with Crippen LogP contribution in [0.3, 0.4) is 0 Å². The van der Waals surface area contributed by atoms with Crippen LogP contribution in [0.1, 0.15) is 50.2 Å². The Kier molecular flexibility index (Phi) is 7.75. The molecule has 1 aliphatic carbocycles. The van der Waals surface area contributed by atoms with Crippen LogP contribution in [-0.4, -0.2) is 59.8 Å². The molecule has 4 rings (SSSR count). The summed E-state index contributed by atoms with van der Waals surface area (Å²) in [5.41, 5.74) is 1.75. The largest absolute Gasteiger partial charge is 0.494 e. The maximum Gasteiger partial charge on any atom is 0.225 e. The van der Waals surface area contributed by atoms with Crippen molar-refractivity contribution in [2.24, 2.45) is 5.92 Å². The highest BCUT2D eigenvalue weighted by atomic mass is 16.5. The van der Waals surface area contributed by atoms with E-state index in [1.807, 2.05) is 36.1 Å². The van der Waals surface area contributed by atoms with Crippen molar-refractivity contribution in [3.8, 4) is 5.75 Å². The molecule has 8 nitrogen and oxygen atoms in total. The van der Waals surface area contributed by atoms with Crippen LogP contribution in [0.5, 0.6) is 5.75 Å². The lowest BCUT2D eigenvalue weighted by Crippen LogP contribution is -2.51. The van der Waals surface area contributed by atoms with Crippen molar-refractivity contribution in [1.29, 1.82) is 5.41 Å². The summed E-state index contributed by atoms with van der Waals surface area (Å²) < 4.78 is 5.58. The van der Waals surface area contributed by atoms with Gasteiger partial charge < -0.3 is 25.3 Å². The van der Waals surface area contributed by atoms with E-state index in [0.717, 1.165) is 30.0 Å². The highest BCUT2D eigenvalue weighted by molar-refractivity contribution is 5.91. The first-order valence-electron chi connectivity index (χ1n) is 12.0. The number of piperazine rings is 1. The third-order valence-corrected chi connectivity index (χ3v) is 6.52. The van der Waals surface area contributed by atoms with Gasteiger partial charge in [-0.2, -0.15) is 0 Å². The molecular weight excluding hydrogens is 416 g/mol. The van der Waals surface area contributed by atoms with Crippen molar-refractivity contribution in [2.75, 3.05) is 43.0 Å². The van der Waals surface area contributed by atoms with Crippen molar-refractivity contribution in [2.45, 2.75) is 45.6 Å². The zero-order valence-corrected chi connectivity index (χ0v) is 19.4. The van der Waals surface area contributed by atoms with Crippen LogP contribution in [0.4, 0.5) is 11.6 Å². The molecule has 0 unspecified atom stereocenters. The molecule has 8 heteroatoms. The first-order valence-corrected chi connectivity index (χ1v) is 12.0. The van der Waals surface area contributed by atoms with Gasteiger partial charge in [0.15, 0.2) is 0 Å². The van der Waals surface area contributed by atoms with Crippen molar-refractivity contribution >= 4 is 23.8 Å². The standard InChI is InChI=1S/C25H34N6O2/c1-2-33-21-10-6-7-19(15-21)17-27-23-22(16-26)24(29-18-28-23)30-11-13-31(14-12-30)25(32)20-8-4-3-5-9-20/h6-7,10,15-16,18,20,26H,2-5,8-9,11-14,17H2,1H3,(H,27,28,29). The van der Waals surface area contributed by atoms with E-state index >= 15 is 0 Å². The van der Waals surface area contributed by atoms with Gasteiger partial charge >= 0.3 is 0 Å². The maximum absolute atomic E-state index is 12.9. The van der Waals surface area contributed by atoms with Gasteiger partial charge in [-0.3, -0.25) is 4.79 Å². The van der Waals surface area contributed by atoms with Gasteiger partial charge in [0.05, 0.1) is 12.2 Å². The first-order chi connectivity index (χ1) is 16.2. The Labute approximate surface area is 195 Å². The van der Waals surface area contributed by atoms with Crippen molar-refractivity contribution in [3.05, 3.63) is 41.7 Å². The van der Waals surface area contributed by atoms with Crippen LogP contribution in [0.2, 0.25) is 0 Å². The summed E-state index contributed by atoms with van der Waals surface area (Å²) >= 11 is 0. The summed E-state index contributed by atoms with van der Waals surface area (Å²) in [6.07, 6.45) is 8.52. The van der Waals surface area contributed by atoms with Gasteiger partial charge in [0.2, 0.25) is 5.91 Å². The molecule has 1 aromatic heterocycles. The fourth-order valence-electron chi connectivity index (χ4n) is 4.76. The molecule has 0 bridgehead atoms.